The molecule has 2 aromatic rings. The van der Waals surface area contributed by atoms with E-state index < -0.39 is 26.7 Å². The highest BCUT2D eigenvalue weighted by molar-refractivity contribution is 5.44. The number of pyridine rings is 2. The summed E-state index contributed by atoms with van der Waals surface area (Å²) in [6, 6.07) is 3.00. The minimum Gasteiger partial charge on any atom is -0.310 e. The van der Waals surface area contributed by atoms with Crippen molar-refractivity contribution in [2.24, 2.45) is 0 Å². The van der Waals surface area contributed by atoms with Gasteiger partial charge in [0.15, 0.2) is 0 Å². The van der Waals surface area contributed by atoms with Crippen LogP contribution in [0.3, 0.4) is 0 Å². The van der Waals surface area contributed by atoms with Gasteiger partial charge in [0.05, 0.1) is 22.2 Å². The Morgan fingerprint density at radius 3 is 1.89 bits per heavy atom. The van der Waals surface area contributed by atoms with Crippen LogP contribution in [0.4, 0.5) is 11.4 Å². The molecule has 2 heterocycles. The van der Waals surface area contributed by atoms with Crippen LogP contribution in [0.2, 0.25) is 0 Å². The number of hydrogen-bond donors (Lipinski definition) is 0. The second kappa shape index (κ2) is 4.64. The molecule has 96 valence electrons. The van der Waals surface area contributed by atoms with E-state index in [0.717, 1.165) is 17.0 Å². The van der Waals surface area contributed by atoms with Gasteiger partial charge in [0.2, 0.25) is 0 Å². The maximum absolute atomic E-state index is 11.5. The van der Waals surface area contributed by atoms with Crippen molar-refractivity contribution in [3.05, 3.63) is 67.4 Å². The summed E-state index contributed by atoms with van der Waals surface area (Å²) in [7, 11) is 0. The SMILES string of the molecule is O=c1c([N+](=O)[O-])cn(-c2ccncc2)cc1[N+](=O)[O-]. The Balaban J connectivity index is 2.74. The Hall–Kier alpha value is -3.10. The van der Waals surface area contributed by atoms with E-state index in [1.54, 1.807) is 0 Å². The van der Waals surface area contributed by atoms with E-state index in [1.807, 2.05) is 0 Å². The van der Waals surface area contributed by atoms with Crippen molar-refractivity contribution in [2.75, 3.05) is 0 Å². The molecule has 0 aliphatic carbocycles. The van der Waals surface area contributed by atoms with Crippen LogP contribution in [-0.2, 0) is 0 Å². The van der Waals surface area contributed by atoms with Crippen LogP contribution in [0, 0.1) is 20.2 Å². The fraction of sp³-hybridized carbons (Fsp3) is 0. The largest absolute Gasteiger partial charge is 0.340 e. The van der Waals surface area contributed by atoms with Crippen LogP contribution in [-0.4, -0.2) is 19.4 Å². The molecule has 9 nitrogen and oxygen atoms in total. The molecule has 0 spiro atoms. The molecule has 0 atom stereocenters. The standard InChI is InChI=1S/C10H6N4O5/c15-10-8(13(16)17)5-12(6-9(10)14(18)19)7-1-3-11-4-2-7/h1-6H. The molecule has 0 aliphatic heterocycles. The van der Waals surface area contributed by atoms with Crippen molar-refractivity contribution in [3.63, 3.8) is 0 Å². The van der Waals surface area contributed by atoms with Gasteiger partial charge in [0.25, 0.3) is 0 Å². The smallest absolute Gasteiger partial charge is 0.310 e. The molecular formula is C10H6N4O5. The monoisotopic (exact) mass is 262 g/mol. The normalized spacial score (nSPS) is 10.1. The lowest BCUT2D eigenvalue weighted by atomic mass is 10.3. The van der Waals surface area contributed by atoms with Crippen molar-refractivity contribution < 1.29 is 9.85 Å². The Labute approximate surface area is 105 Å². The molecule has 0 saturated heterocycles. The second-order valence-electron chi connectivity index (χ2n) is 3.48. The zero-order valence-corrected chi connectivity index (χ0v) is 9.29. The van der Waals surface area contributed by atoms with Crippen LogP contribution >= 0.6 is 0 Å². The lowest BCUT2D eigenvalue weighted by Crippen LogP contribution is -2.15. The zero-order chi connectivity index (χ0) is 14.0. The minimum atomic E-state index is -1.22. The topological polar surface area (TPSA) is 121 Å². The zero-order valence-electron chi connectivity index (χ0n) is 9.29. The molecule has 0 aromatic carbocycles. The van der Waals surface area contributed by atoms with Crippen LogP contribution in [0.1, 0.15) is 0 Å². The first-order valence-electron chi connectivity index (χ1n) is 4.96. The van der Waals surface area contributed by atoms with Crippen molar-refractivity contribution in [1.82, 2.24) is 9.55 Å². The number of nitrogens with zero attached hydrogens (tertiary/aromatic N) is 4. The Kier molecular flexibility index (Phi) is 3.02. The van der Waals surface area contributed by atoms with Crippen molar-refractivity contribution in [2.45, 2.75) is 0 Å². The van der Waals surface area contributed by atoms with Crippen molar-refractivity contribution >= 4 is 11.4 Å². The van der Waals surface area contributed by atoms with Crippen molar-refractivity contribution in [3.8, 4) is 5.69 Å². The number of aromatic nitrogens is 2. The number of nitro groups is 2. The first kappa shape index (κ1) is 12.4. The summed E-state index contributed by atoms with van der Waals surface area (Å²) in [4.78, 5) is 34.9. The first-order chi connectivity index (χ1) is 9.00. The second-order valence-corrected chi connectivity index (χ2v) is 3.48. The third-order valence-electron chi connectivity index (χ3n) is 2.34. The summed E-state index contributed by atoms with van der Waals surface area (Å²) in [6.07, 6.45) is 4.71. The van der Waals surface area contributed by atoms with E-state index in [0.29, 0.717) is 5.69 Å². The van der Waals surface area contributed by atoms with Gasteiger partial charge >= 0.3 is 16.8 Å². The van der Waals surface area contributed by atoms with Gasteiger partial charge in [-0.2, -0.15) is 0 Å². The summed E-state index contributed by atoms with van der Waals surface area (Å²) in [5.41, 5.74) is -2.52. The molecule has 0 N–H and O–H groups in total. The summed E-state index contributed by atoms with van der Waals surface area (Å²) < 4.78 is 1.14. The predicted molar refractivity (Wildman–Crippen MR) is 63.1 cm³/mol. The fourth-order valence-corrected chi connectivity index (χ4v) is 1.47. The Bertz CT molecular complexity index is 671. The van der Waals surface area contributed by atoms with E-state index in [2.05, 4.69) is 4.98 Å². The predicted octanol–water partition coefficient (Wildman–Crippen LogP) is 1.05. The fourth-order valence-electron chi connectivity index (χ4n) is 1.47. The van der Waals surface area contributed by atoms with Crippen LogP contribution in [0.15, 0.2) is 41.7 Å². The van der Waals surface area contributed by atoms with Gasteiger partial charge in [-0.1, -0.05) is 0 Å². The highest BCUT2D eigenvalue weighted by atomic mass is 16.6. The van der Waals surface area contributed by atoms with Gasteiger partial charge in [0.1, 0.15) is 0 Å². The lowest BCUT2D eigenvalue weighted by molar-refractivity contribution is -0.397. The maximum Gasteiger partial charge on any atom is 0.340 e. The van der Waals surface area contributed by atoms with Gasteiger partial charge in [-0.15, -0.1) is 0 Å². The highest BCUT2D eigenvalue weighted by Gasteiger charge is 2.24. The quantitative estimate of drug-likeness (QED) is 0.601. The highest BCUT2D eigenvalue weighted by Crippen LogP contribution is 2.15. The molecule has 0 bridgehead atoms. The van der Waals surface area contributed by atoms with Gasteiger partial charge < -0.3 is 4.57 Å². The molecule has 9 heteroatoms. The third-order valence-corrected chi connectivity index (χ3v) is 2.34. The average molecular weight is 262 g/mol. The lowest BCUT2D eigenvalue weighted by Gasteiger charge is -2.05. The molecule has 0 saturated carbocycles. The van der Waals surface area contributed by atoms with E-state index in [4.69, 9.17) is 0 Å². The van der Waals surface area contributed by atoms with E-state index in [9.17, 15) is 25.0 Å². The molecule has 0 fully saturated rings. The Morgan fingerprint density at radius 2 is 1.47 bits per heavy atom. The molecule has 19 heavy (non-hydrogen) atoms. The van der Waals surface area contributed by atoms with Crippen LogP contribution < -0.4 is 5.43 Å². The van der Waals surface area contributed by atoms with Gasteiger partial charge in [-0.3, -0.25) is 30.0 Å². The Morgan fingerprint density at radius 1 is 1.00 bits per heavy atom. The van der Waals surface area contributed by atoms with E-state index >= 15 is 0 Å². The molecule has 0 radical (unpaired) electrons. The summed E-state index contributed by atoms with van der Waals surface area (Å²) >= 11 is 0. The molecule has 0 unspecified atom stereocenters. The van der Waals surface area contributed by atoms with Crippen LogP contribution in [0.5, 0.6) is 0 Å². The van der Waals surface area contributed by atoms with Gasteiger partial charge in [0, 0.05) is 18.1 Å². The molecule has 0 aliphatic rings. The molecule has 2 rings (SSSR count). The van der Waals surface area contributed by atoms with Crippen molar-refractivity contribution in [1.29, 1.82) is 0 Å². The first-order valence-corrected chi connectivity index (χ1v) is 4.96. The number of hydrogen-bond acceptors (Lipinski definition) is 6. The summed E-state index contributed by atoms with van der Waals surface area (Å²) in [6.45, 7) is 0. The summed E-state index contributed by atoms with van der Waals surface area (Å²) in [5.74, 6) is 0. The van der Waals surface area contributed by atoms with Gasteiger partial charge in [-0.25, -0.2) is 0 Å². The van der Waals surface area contributed by atoms with E-state index in [1.165, 1.54) is 24.5 Å². The average Bonchev–Trinajstić information content (AvgIpc) is 2.39. The number of rotatable bonds is 3. The third kappa shape index (κ3) is 2.29. The molecule has 2 aromatic heterocycles. The van der Waals surface area contributed by atoms with Crippen LogP contribution in [0.25, 0.3) is 5.69 Å². The van der Waals surface area contributed by atoms with Gasteiger partial charge in [-0.05, 0) is 12.1 Å². The minimum absolute atomic E-state index is 0.418. The molecule has 0 amide bonds. The van der Waals surface area contributed by atoms with E-state index in [-0.39, 0.29) is 0 Å². The summed E-state index contributed by atoms with van der Waals surface area (Å²) in [5, 5.41) is 21.5. The maximum atomic E-state index is 11.5. The molecular weight excluding hydrogens is 256 g/mol.